The van der Waals surface area contributed by atoms with Crippen LogP contribution in [0.3, 0.4) is 0 Å². The molecule has 0 aliphatic heterocycles. The highest BCUT2D eigenvalue weighted by atomic mass is 19.1. The average Bonchev–Trinajstić information content (AvgIpc) is 3.46. The van der Waals surface area contributed by atoms with Crippen LogP contribution in [-0.2, 0) is 26.2 Å². The number of ether oxygens (including phenoxy) is 1. The minimum atomic E-state index is -0.562. The summed E-state index contributed by atoms with van der Waals surface area (Å²) in [7, 11) is 1.58. The summed E-state index contributed by atoms with van der Waals surface area (Å²) in [4.78, 5) is 24.5. The molecule has 27 heavy (non-hydrogen) atoms. The van der Waals surface area contributed by atoms with Crippen LogP contribution in [0.2, 0.25) is 0 Å². The summed E-state index contributed by atoms with van der Waals surface area (Å²) in [6.45, 7) is 0.960. The summed E-state index contributed by atoms with van der Waals surface area (Å²) < 4.78 is 18.0. The van der Waals surface area contributed by atoms with Crippen molar-refractivity contribution in [2.45, 2.75) is 24.7 Å². The van der Waals surface area contributed by atoms with Gasteiger partial charge in [0.2, 0.25) is 11.8 Å². The summed E-state index contributed by atoms with van der Waals surface area (Å²) in [5, 5.41) is 5.70. The molecular formula is C21H23FN2O3. The van der Waals surface area contributed by atoms with Crippen molar-refractivity contribution in [1.29, 1.82) is 0 Å². The second-order valence-electron chi connectivity index (χ2n) is 6.76. The molecule has 1 aliphatic rings. The van der Waals surface area contributed by atoms with E-state index in [1.54, 1.807) is 31.4 Å². The van der Waals surface area contributed by atoms with Crippen LogP contribution in [-0.4, -0.2) is 32.1 Å². The van der Waals surface area contributed by atoms with Gasteiger partial charge in [-0.15, -0.1) is 0 Å². The number of amides is 2. The molecule has 3 rings (SSSR count). The van der Waals surface area contributed by atoms with Crippen molar-refractivity contribution >= 4 is 17.5 Å². The summed E-state index contributed by atoms with van der Waals surface area (Å²) in [5.74, 6) is -0.465. The lowest BCUT2D eigenvalue weighted by Crippen LogP contribution is -2.28. The van der Waals surface area contributed by atoms with E-state index >= 15 is 0 Å². The third kappa shape index (κ3) is 4.71. The van der Waals surface area contributed by atoms with Gasteiger partial charge in [-0.3, -0.25) is 9.59 Å². The Kier molecular flexibility index (Phi) is 5.86. The number of hydrogen-bond donors (Lipinski definition) is 2. The fourth-order valence-corrected chi connectivity index (χ4v) is 3.04. The van der Waals surface area contributed by atoms with Gasteiger partial charge in [-0.25, -0.2) is 4.39 Å². The van der Waals surface area contributed by atoms with Gasteiger partial charge < -0.3 is 15.4 Å². The van der Waals surface area contributed by atoms with Crippen LogP contribution in [0.15, 0.2) is 48.5 Å². The van der Waals surface area contributed by atoms with E-state index in [1.807, 2.05) is 12.1 Å². The Morgan fingerprint density at radius 3 is 2.33 bits per heavy atom. The fraction of sp³-hybridized carbons (Fsp3) is 0.333. The van der Waals surface area contributed by atoms with E-state index in [4.69, 9.17) is 4.74 Å². The molecule has 0 radical (unpaired) electrons. The maximum Gasteiger partial charge on any atom is 0.235 e. The number of methoxy groups -OCH3 is 1. The molecule has 0 atom stereocenters. The van der Waals surface area contributed by atoms with Crippen LogP contribution in [0.25, 0.3) is 0 Å². The molecule has 1 fully saturated rings. The maximum atomic E-state index is 13.1. The van der Waals surface area contributed by atoms with Crippen molar-refractivity contribution in [1.82, 2.24) is 5.32 Å². The van der Waals surface area contributed by atoms with Crippen molar-refractivity contribution in [3.63, 3.8) is 0 Å². The smallest absolute Gasteiger partial charge is 0.235 e. The molecule has 0 spiro atoms. The molecule has 5 nitrogen and oxygen atoms in total. The van der Waals surface area contributed by atoms with Gasteiger partial charge in [0.15, 0.2) is 0 Å². The van der Waals surface area contributed by atoms with E-state index in [2.05, 4.69) is 10.6 Å². The lowest BCUT2D eigenvalue weighted by molar-refractivity contribution is -0.120. The molecule has 0 saturated heterocycles. The first-order chi connectivity index (χ1) is 13.0. The number of hydrogen-bond acceptors (Lipinski definition) is 3. The number of benzene rings is 2. The predicted molar refractivity (Wildman–Crippen MR) is 101 cm³/mol. The molecule has 1 aliphatic carbocycles. The summed E-state index contributed by atoms with van der Waals surface area (Å²) in [6.07, 6.45) is 1.78. The Morgan fingerprint density at radius 2 is 1.74 bits per heavy atom. The van der Waals surface area contributed by atoms with Crippen LogP contribution in [0, 0.1) is 5.82 Å². The number of nitrogens with one attached hydrogen (secondary N) is 2. The molecule has 142 valence electrons. The normalized spacial score (nSPS) is 14.4. The van der Waals surface area contributed by atoms with Gasteiger partial charge in [-0.05, 0) is 48.2 Å². The largest absolute Gasteiger partial charge is 0.383 e. The lowest BCUT2D eigenvalue weighted by Gasteiger charge is -2.16. The molecule has 0 aromatic heterocycles. The monoisotopic (exact) mass is 370 g/mol. The van der Waals surface area contributed by atoms with E-state index in [0.29, 0.717) is 18.8 Å². The summed E-state index contributed by atoms with van der Waals surface area (Å²) in [5.41, 5.74) is 1.82. The SMILES string of the molecule is COCCNC(=O)Cc1ccc(NC(=O)C2(c3ccc(F)cc3)CC2)cc1. The van der Waals surface area contributed by atoms with Crippen LogP contribution in [0.4, 0.5) is 10.1 Å². The van der Waals surface area contributed by atoms with Crippen molar-refractivity contribution in [2.24, 2.45) is 0 Å². The van der Waals surface area contributed by atoms with Gasteiger partial charge in [0, 0.05) is 19.3 Å². The Labute approximate surface area is 157 Å². The fourth-order valence-electron chi connectivity index (χ4n) is 3.04. The second kappa shape index (κ2) is 8.31. The first-order valence-corrected chi connectivity index (χ1v) is 8.95. The van der Waals surface area contributed by atoms with E-state index in [1.165, 1.54) is 12.1 Å². The van der Waals surface area contributed by atoms with Crippen LogP contribution in [0.1, 0.15) is 24.0 Å². The second-order valence-corrected chi connectivity index (χ2v) is 6.76. The van der Waals surface area contributed by atoms with Crippen LogP contribution in [0.5, 0.6) is 0 Å². The molecule has 2 aromatic carbocycles. The standard InChI is InChI=1S/C21H23FN2O3/c1-27-13-12-23-19(25)14-15-2-8-18(9-3-15)24-20(26)21(10-11-21)16-4-6-17(22)7-5-16/h2-9H,10-14H2,1H3,(H,23,25)(H,24,26). The van der Waals surface area contributed by atoms with E-state index in [0.717, 1.165) is 24.0 Å². The van der Waals surface area contributed by atoms with Gasteiger partial charge >= 0.3 is 0 Å². The van der Waals surface area contributed by atoms with Gasteiger partial charge in [0.25, 0.3) is 0 Å². The third-order valence-corrected chi connectivity index (χ3v) is 4.79. The molecule has 0 unspecified atom stereocenters. The van der Waals surface area contributed by atoms with Crippen LogP contribution < -0.4 is 10.6 Å². The average molecular weight is 370 g/mol. The van der Waals surface area contributed by atoms with Crippen molar-refractivity contribution < 1.29 is 18.7 Å². The Bertz CT molecular complexity index is 799. The number of carbonyl (C=O) groups excluding carboxylic acids is 2. The third-order valence-electron chi connectivity index (χ3n) is 4.79. The zero-order valence-corrected chi connectivity index (χ0v) is 15.3. The minimum absolute atomic E-state index is 0.0721. The predicted octanol–water partition coefficient (Wildman–Crippen LogP) is 2.80. The van der Waals surface area contributed by atoms with Gasteiger partial charge in [-0.2, -0.15) is 0 Å². The van der Waals surface area contributed by atoms with Crippen molar-refractivity contribution in [2.75, 3.05) is 25.6 Å². The maximum absolute atomic E-state index is 13.1. The van der Waals surface area contributed by atoms with Crippen molar-refractivity contribution in [3.05, 3.63) is 65.5 Å². The molecule has 2 amide bonds. The highest BCUT2D eigenvalue weighted by Gasteiger charge is 2.51. The van der Waals surface area contributed by atoms with E-state index < -0.39 is 5.41 Å². The zero-order chi connectivity index (χ0) is 19.3. The number of rotatable bonds is 8. The molecule has 2 aromatic rings. The van der Waals surface area contributed by atoms with E-state index in [9.17, 15) is 14.0 Å². The Hall–Kier alpha value is -2.73. The Morgan fingerprint density at radius 1 is 1.07 bits per heavy atom. The van der Waals surface area contributed by atoms with Gasteiger partial charge in [0.05, 0.1) is 18.4 Å². The van der Waals surface area contributed by atoms with Gasteiger partial charge in [0.1, 0.15) is 5.82 Å². The van der Waals surface area contributed by atoms with Gasteiger partial charge in [-0.1, -0.05) is 24.3 Å². The quantitative estimate of drug-likeness (QED) is 0.702. The first-order valence-electron chi connectivity index (χ1n) is 8.95. The molecule has 0 bridgehead atoms. The lowest BCUT2D eigenvalue weighted by atomic mass is 9.95. The zero-order valence-electron chi connectivity index (χ0n) is 15.3. The minimum Gasteiger partial charge on any atom is -0.383 e. The molecule has 6 heteroatoms. The molecule has 1 saturated carbocycles. The highest BCUT2D eigenvalue weighted by molar-refractivity contribution is 6.01. The van der Waals surface area contributed by atoms with Crippen LogP contribution >= 0.6 is 0 Å². The number of halogens is 1. The first kappa shape index (κ1) is 19.0. The summed E-state index contributed by atoms with van der Waals surface area (Å²) >= 11 is 0. The highest BCUT2D eigenvalue weighted by Crippen LogP contribution is 2.49. The van der Waals surface area contributed by atoms with E-state index in [-0.39, 0.29) is 24.1 Å². The van der Waals surface area contributed by atoms with Crippen molar-refractivity contribution in [3.8, 4) is 0 Å². The molecule has 2 N–H and O–H groups in total. The molecular weight excluding hydrogens is 347 g/mol. The molecule has 0 heterocycles. The Balaban J connectivity index is 1.57. The number of carbonyl (C=O) groups is 2. The summed E-state index contributed by atoms with van der Waals surface area (Å²) in [6, 6.07) is 13.3. The topological polar surface area (TPSA) is 67.4 Å². The number of anilines is 1.